The molecular formula is C23H32FIN4O. The van der Waals surface area contributed by atoms with Gasteiger partial charge in [0.1, 0.15) is 5.82 Å². The number of aliphatic imine (C=N–C) groups is 1. The van der Waals surface area contributed by atoms with Crippen LogP contribution in [0.1, 0.15) is 36.5 Å². The lowest BCUT2D eigenvalue weighted by Gasteiger charge is -2.33. The first kappa shape index (κ1) is 24.6. The number of rotatable bonds is 7. The average Bonchev–Trinajstić information content (AvgIpc) is 2.75. The standard InChI is InChI=1S/C23H31FN4O.HI/c1-2-25-23(26-15-19-5-3-4-6-20(19)17-29)27-22-11-13-28(14-12-22)16-18-7-9-21(24)10-8-18;/h3-10,22,29H,2,11-17H2,1H3,(H2,25,26,27);1H. The van der Waals surface area contributed by atoms with Crippen molar-refractivity contribution >= 4 is 29.9 Å². The molecule has 0 bridgehead atoms. The molecule has 7 heteroatoms. The fourth-order valence-electron chi connectivity index (χ4n) is 3.63. The van der Waals surface area contributed by atoms with Gasteiger partial charge in [-0.15, -0.1) is 24.0 Å². The molecule has 3 rings (SSSR count). The molecule has 164 valence electrons. The smallest absolute Gasteiger partial charge is 0.191 e. The Morgan fingerprint density at radius 1 is 1.10 bits per heavy atom. The second-order valence-corrected chi connectivity index (χ2v) is 7.44. The van der Waals surface area contributed by atoms with E-state index in [2.05, 4.69) is 22.5 Å². The summed E-state index contributed by atoms with van der Waals surface area (Å²) in [5, 5.41) is 16.4. The van der Waals surface area contributed by atoms with Crippen molar-refractivity contribution in [1.29, 1.82) is 0 Å². The summed E-state index contributed by atoms with van der Waals surface area (Å²) in [4.78, 5) is 7.13. The van der Waals surface area contributed by atoms with Crippen LogP contribution in [0.4, 0.5) is 4.39 Å². The number of aliphatic hydroxyl groups is 1. The largest absolute Gasteiger partial charge is 0.392 e. The van der Waals surface area contributed by atoms with Gasteiger partial charge in [0, 0.05) is 32.2 Å². The van der Waals surface area contributed by atoms with Gasteiger partial charge >= 0.3 is 0 Å². The quantitative estimate of drug-likeness (QED) is 0.293. The van der Waals surface area contributed by atoms with Gasteiger partial charge in [0.15, 0.2) is 5.96 Å². The summed E-state index contributed by atoms with van der Waals surface area (Å²) in [5.74, 6) is 0.630. The van der Waals surface area contributed by atoms with Gasteiger partial charge in [0.2, 0.25) is 0 Å². The van der Waals surface area contributed by atoms with Gasteiger partial charge in [0.25, 0.3) is 0 Å². The first-order chi connectivity index (χ1) is 14.2. The molecule has 0 saturated carbocycles. The molecule has 1 fully saturated rings. The lowest BCUT2D eigenvalue weighted by atomic mass is 10.0. The fraction of sp³-hybridized carbons (Fsp3) is 0.435. The number of likely N-dealkylation sites (tertiary alicyclic amines) is 1. The molecule has 2 aromatic rings. The maximum absolute atomic E-state index is 13.1. The zero-order valence-electron chi connectivity index (χ0n) is 17.5. The highest BCUT2D eigenvalue weighted by Gasteiger charge is 2.20. The highest BCUT2D eigenvalue weighted by molar-refractivity contribution is 14.0. The summed E-state index contributed by atoms with van der Waals surface area (Å²) < 4.78 is 13.1. The SMILES string of the molecule is CCNC(=NCc1ccccc1CO)NC1CCN(Cc2ccc(F)cc2)CC1.I. The van der Waals surface area contributed by atoms with E-state index in [0.717, 1.165) is 61.7 Å². The molecule has 5 nitrogen and oxygen atoms in total. The van der Waals surface area contributed by atoms with Crippen LogP contribution in [0.25, 0.3) is 0 Å². The molecule has 0 atom stereocenters. The molecule has 1 heterocycles. The van der Waals surface area contributed by atoms with E-state index in [1.165, 1.54) is 12.1 Å². The first-order valence-corrected chi connectivity index (χ1v) is 10.4. The van der Waals surface area contributed by atoms with Crippen molar-refractivity contribution in [2.75, 3.05) is 19.6 Å². The van der Waals surface area contributed by atoms with Gasteiger partial charge in [-0.1, -0.05) is 36.4 Å². The van der Waals surface area contributed by atoms with Crippen LogP contribution in [0.5, 0.6) is 0 Å². The van der Waals surface area contributed by atoms with Crippen LogP contribution in [-0.2, 0) is 19.7 Å². The molecule has 1 aliphatic heterocycles. The highest BCUT2D eigenvalue weighted by Crippen LogP contribution is 2.15. The molecule has 0 aliphatic carbocycles. The maximum atomic E-state index is 13.1. The Kier molecular flexibility index (Phi) is 10.5. The van der Waals surface area contributed by atoms with E-state index in [4.69, 9.17) is 4.99 Å². The Labute approximate surface area is 195 Å². The van der Waals surface area contributed by atoms with Crippen LogP contribution >= 0.6 is 24.0 Å². The lowest BCUT2D eigenvalue weighted by Crippen LogP contribution is -2.48. The molecule has 0 amide bonds. The van der Waals surface area contributed by atoms with Crippen LogP contribution < -0.4 is 10.6 Å². The van der Waals surface area contributed by atoms with Crippen molar-refractivity contribution < 1.29 is 9.50 Å². The molecule has 0 aromatic heterocycles. The van der Waals surface area contributed by atoms with Crippen molar-refractivity contribution in [2.45, 2.75) is 45.5 Å². The van der Waals surface area contributed by atoms with Crippen LogP contribution in [0.15, 0.2) is 53.5 Å². The molecule has 30 heavy (non-hydrogen) atoms. The predicted molar refractivity (Wildman–Crippen MR) is 130 cm³/mol. The number of guanidine groups is 1. The maximum Gasteiger partial charge on any atom is 0.191 e. The summed E-state index contributed by atoms with van der Waals surface area (Å²) in [7, 11) is 0. The Balaban J connectivity index is 0.00000320. The van der Waals surface area contributed by atoms with E-state index < -0.39 is 0 Å². The van der Waals surface area contributed by atoms with E-state index in [0.29, 0.717) is 12.6 Å². The predicted octanol–water partition coefficient (Wildman–Crippen LogP) is 3.66. The summed E-state index contributed by atoms with van der Waals surface area (Å²) >= 11 is 0. The number of halogens is 2. The Morgan fingerprint density at radius 3 is 2.40 bits per heavy atom. The van der Waals surface area contributed by atoms with E-state index in [-0.39, 0.29) is 36.4 Å². The van der Waals surface area contributed by atoms with E-state index >= 15 is 0 Å². The molecular weight excluding hydrogens is 494 g/mol. The van der Waals surface area contributed by atoms with Crippen LogP contribution in [-0.4, -0.2) is 41.6 Å². The number of hydrogen-bond donors (Lipinski definition) is 3. The van der Waals surface area contributed by atoms with Gasteiger partial charge in [-0.05, 0) is 48.6 Å². The molecule has 0 unspecified atom stereocenters. The van der Waals surface area contributed by atoms with E-state index in [1.54, 1.807) is 0 Å². The summed E-state index contributed by atoms with van der Waals surface area (Å²) in [5.41, 5.74) is 3.11. The number of piperidine rings is 1. The van der Waals surface area contributed by atoms with Crippen molar-refractivity contribution in [2.24, 2.45) is 4.99 Å². The van der Waals surface area contributed by atoms with E-state index in [9.17, 15) is 9.50 Å². The topological polar surface area (TPSA) is 59.9 Å². The van der Waals surface area contributed by atoms with Gasteiger partial charge in [-0.2, -0.15) is 0 Å². The molecule has 0 spiro atoms. The second kappa shape index (κ2) is 12.9. The summed E-state index contributed by atoms with van der Waals surface area (Å²) in [6.45, 7) is 6.29. The summed E-state index contributed by atoms with van der Waals surface area (Å²) in [6.07, 6.45) is 2.08. The number of aliphatic hydroxyl groups excluding tert-OH is 1. The zero-order chi connectivity index (χ0) is 20.5. The number of nitrogens with zero attached hydrogens (tertiary/aromatic N) is 2. The second-order valence-electron chi connectivity index (χ2n) is 7.44. The molecule has 3 N–H and O–H groups in total. The van der Waals surface area contributed by atoms with Crippen LogP contribution in [0.2, 0.25) is 0 Å². The van der Waals surface area contributed by atoms with Gasteiger partial charge in [-0.25, -0.2) is 9.38 Å². The number of nitrogens with one attached hydrogen (secondary N) is 2. The molecule has 2 aromatic carbocycles. The zero-order valence-corrected chi connectivity index (χ0v) is 19.8. The third kappa shape index (κ3) is 7.52. The number of hydrogen-bond acceptors (Lipinski definition) is 3. The Morgan fingerprint density at radius 2 is 1.77 bits per heavy atom. The Bertz CT molecular complexity index is 792. The minimum atomic E-state index is -0.187. The van der Waals surface area contributed by atoms with Crippen molar-refractivity contribution in [3.63, 3.8) is 0 Å². The minimum absolute atomic E-state index is 0. The first-order valence-electron chi connectivity index (χ1n) is 10.4. The normalized spacial score (nSPS) is 15.5. The van der Waals surface area contributed by atoms with Crippen molar-refractivity contribution in [3.05, 3.63) is 71.0 Å². The average molecular weight is 526 g/mol. The van der Waals surface area contributed by atoms with E-state index in [1.807, 2.05) is 36.4 Å². The molecule has 1 saturated heterocycles. The Hall–Kier alpha value is -1.71. The van der Waals surface area contributed by atoms with Crippen LogP contribution in [0, 0.1) is 5.82 Å². The van der Waals surface area contributed by atoms with Gasteiger partial charge in [0.05, 0.1) is 13.2 Å². The third-order valence-corrected chi connectivity index (χ3v) is 5.29. The van der Waals surface area contributed by atoms with Gasteiger partial charge < -0.3 is 15.7 Å². The monoisotopic (exact) mass is 526 g/mol. The molecule has 0 radical (unpaired) electrons. The van der Waals surface area contributed by atoms with Crippen molar-refractivity contribution in [1.82, 2.24) is 15.5 Å². The lowest BCUT2D eigenvalue weighted by molar-refractivity contribution is 0.198. The van der Waals surface area contributed by atoms with Crippen molar-refractivity contribution in [3.8, 4) is 0 Å². The van der Waals surface area contributed by atoms with Crippen LogP contribution in [0.3, 0.4) is 0 Å². The minimum Gasteiger partial charge on any atom is -0.392 e. The molecule has 1 aliphatic rings. The highest BCUT2D eigenvalue weighted by atomic mass is 127. The van der Waals surface area contributed by atoms with Gasteiger partial charge in [-0.3, -0.25) is 4.90 Å². The summed E-state index contributed by atoms with van der Waals surface area (Å²) in [6, 6.07) is 15.0. The fourth-order valence-corrected chi connectivity index (χ4v) is 3.63. The third-order valence-electron chi connectivity index (χ3n) is 5.29. The number of benzene rings is 2.